The minimum Gasteiger partial charge on any atom is -0.471 e. The van der Waals surface area contributed by atoms with E-state index in [4.69, 9.17) is 23.7 Å². The Morgan fingerprint density at radius 3 is 2.63 bits per heavy atom. The van der Waals surface area contributed by atoms with Crippen molar-refractivity contribution < 1.29 is 48.9 Å². The second-order valence-corrected chi connectivity index (χ2v) is 6.64. The van der Waals surface area contributed by atoms with Crippen LogP contribution in [0.25, 0.3) is 0 Å². The molecule has 3 rings (SSSR count). The second-order valence-electron chi connectivity index (χ2n) is 6.64. The minimum atomic E-state index is -1.57. The van der Waals surface area contributed by atoms with Crippen LogP contribution in [0, 0.1) is 11.8 Å². The van der Waals surface area contributed by atoms with Gasteiger partial charge in [0.05, 0.1) is 18.4 Å². The first-order valence-corrected chi connectivity index (χ1v) is 8.59. The fourth-order valence-electron chi connectivity index (χ4n) is 3.50. The zero-order valence-electron chi connectivity index (χ0n) is 14.7. The highest BCUT2D eigenvalue weighted by atomic mass is 16.8. The highest BCUT2D eigenvalue weighted by molar-refractivity contribution is 5.89. The van der Waals surface area contributed by atoms with Gasteiger partial charge in [0, 0.05) is 25.4 Å². The molecule has 152 valence electrons. The quantitative estimate of drug-likeness (QED) is 0.320. The van der Waals surface area contributed by atoms with E-state index in [1.165, 1.54) is 13.4 Å². The van der Waals surface area contributed by atoms with Crippen molar-refractivity contribution in [3.05, 3.63) is 24.5 Å². The summed E-state index contributed by atoms with van der Waals surface area (Å²) in [6, 6.07) is 0. The second kappa shape index (κ2) is 8.23. The topological polar surface area (TPSA) is 144 Å². The molecule has 0 bridgehead atoms. The van der Waals surface area contributed by atoms with Gasteiger partial charge in [0.1, 0.15) is 24.4 Å². The van der Waals surface area contributed by atoms with Crippen LogP contribution in [0.1, 0.15) is 6.42 Å². The van der Waals surface area contributed by atoms with Crippen LogP contribution in [0.3, 0.4) is 0 Å². The number of hydrogen-bond donors (Lipinski definition) is 4. The molecule has 0 aliphatic carbocycles. The summed E-state index contributed by atoms with van der Waals surface area (Å²) in [5.41, 5.74) is 0.321. The number of methoxy groups -OCH3 is 1. The van der Waals surface area contributed by atoms with Gasteiger partial charge in [-0.15, -0.1) is 6.58 Å². The van der Waals surface area contributed by atoms with Gasteiger partial charge in [-0.2, -0.15) is 0 Å². The lowest BCUT2D eigenvalue weighted by molar-refractivity contribution is -0.340. The average molecular weight is 388 g/mol. The molecule has 3 heterocycles. The Balaban J connectivity index is 1.77. The normalized spacial score (nSPS) is 44.6. The van der Waals surface area contributed by atoms with Crippen molar-refractivity contribution in [2.75, 3.05) is 13.7 Å². The van der Waals surface area contributed by atoms with E-state index in [0.29, 0.717) is 12.0 Å². The molecule has 0 aromatic rings. The molecule has 0 amide bonds. The molecule has 3 aliphatic rings. The number of esters is 1. The number of hydrogen-bond acceptors (Lipinski definition) is 10. The molecular weight excluding hydrogens is 364 g/mol. The number of aliphatic hydroxyl groups excluding tert-OH is 4. The molecule has 10 nitrogen and oxygen atoms in total. The van der Waals surface area contributed by atoms with Crippen LogP contribution in [0.15, 0.2) is 24.5 Å². The van der Waals surface area contributed by atoms with Gasteiger partial charge < -0.3 is 44.1 Å². The van der Waals surface area contributed by atoms with Crippen LogP contribution in [0.4, 0.5) is 0 Å². The smallest absolute Gasteiger partial charge is 0.339 e. The van der Waals surface area contributed by atoms with Crippen molar-refractivity contribution >= 4 is 5.97 Å². The zero-order chi connectivity index (χ0) is 19.7. The molecule has 0 spiro atoms. The van der Waals surface area contributed by atoms with Crippen LogP contribution in [0.5, 0.6) is 0 Å². The summed E-state index contributed by atoms with van der Waals surface area (Å²) in [7, 11) is 1.43. The Morgan fingerprint density at radius 2 is 2.00 bits per heavy atom. The molecule has 0 radical (unpaired) electrons. The molecule has 3 aliphatic heterocycles. The van der Waals surface area contributed by atoms with E-state index < -0.39 is 61.8 Å². The molecule has 27 heavy (non-hydrogen) atoms. The van der Waals surface area contributed by atoms with Gasteiger partial charge in [0.15, 0.2) is 6.29 Å². The molecule has 0 unspecified atom stereocenters. The van der Waals surface area contributed by atoms with E-state index in [2.05, 4.69) is 6.58 Å². The third kappa shape index (κ3) is 3.74. The molecule has 0 aromatic heterocycles. The van der Waals surface area contributed by atoms with Gasteiger partial charge in [-0.25, -0.2) is 4.79 Å². The number of carbonyl (C=O) groups excluding carboxylic acids is 1. The highest BCUT2D eigenvalue weighted by Gasteiger charge is 2.49. The molecule has 0 saturated carbocycles. The van der Waals surface area contributed by atoms with Crippen LogP contribution in [0.2, 0.25) is 0 Å². The Morgan fingerprint density at radius 1 is 1.26 bits per heavy atom. The molecule has 4 N–H and O–H groups in total. The average Bonchev–Trinajstić information content (AvgIpc) is 2.67. The fourth-order valence-corrected chi connectivity index (χ4v) is 3.50. The maximum absolute atomic E-state index is 12.1. The summed E-state index contributed by atoms with van der Waals surface area (Å²) in [6.07, 6.45) is -5.65. The molecule has 10 heteroatoms. The van der Waals surface area contributed by atoms with Crippen LogP contribution >= 0.6 is 0 Å². The maximum atomic E-state index is 12.1. The third-order valence-corrected chi connectivity index (χ3v) is 5.08. The lowest BCUT2D eigenvalue weighted by Crippen LogP contribution is -2.60. The molecular formula is C17H24O10. The van der Waals surface area contributed by atoms with E-state index in [1.54, 1.807) is 6.08 Å². The minimum absolute atomic E-state index is 0.321. The Labute approximate surface area is 155 Å². The van der Waals surface area contributed by atoms with E-state index in [0.717, 1.165) is 0 Å². The molecule has 9 atom stereocenters. The van der Waals surface area contributed by atoms with Gasteiger partial charge >= 0.3 is 5.97 Å². The first kappa shape index (κ1) is 20.2. The van der Waals surface area contributed by atoms with E-state index in [-0.39, 0.29) is 5.92 Å². The number of ether oxygens (including phenoxy) is 5. The first-order valence-electron chi connectivity index (χ1n) is 8.59. The summed E-state index contributed by atoms with van der Waals surface area (Å²) in [5.74, 6) is -1.41. The Kier molecular flexibility index (Phi) is 6.16. The number of fused-ring (bicyclic) bond motifs is 1. The van der Waals surface area contributed by atoms with Crippen molar-refractivity contribution in [3.8, 4) is 0 Å². The van der Waals surface area contributed by atoms with Crippen LogP contribution < -0.4 is 0 Å². The summed E-state index contributed by atoms with van der Waals surface area (Å²) in [6.45, 7) is 3.18. The highest BCUT2D eigenvalue weighted by Crippen LogP contribution is 2.40. The fraction of sp³-hybridized carbons (Fsp3) is 0.706. The summed E-state index contributed by atoms with van der Waals surface area (Å²) >= 11 is 0. The Hall–Kier alpha value is -1.53. The predicted octanol–water partition coefficient (Wildman–Crippen LogP) is -1.62. The Bertz CT molecular complexity index is 590. The lowest BCUT2D eigenvalue weighted by Gasteiger charge is -2.44. The number of aliphatic hydroxyl groups is 4. The number of cyclic esters (lactones) is 1. The SMILES string of the molecule is C=C[C@@H]1[C@@H](O[C@@H]2O[C@H](CO)[C@@H](O)[C@H](O)[C@H]2O)OC=C2C(=O)O[C@H](OC)C[C@@H]21. The standard InChI is InChI=1S/C17H24O10/c1-3-7-8-4-11(23-2)26-15(22)9(8)6-24-16(7)27-17-14(21)13(20)12(19)10(5-18)25-17/h3,6-8,10-14,16-21H,1,4-5H2,2H3/t7-,8+,10+,11-,12+,13-,14+,16+,17-/m0/s1. The van der Waals surface area contributed by atoms with Gasteiger partial charge in [0.25, 0.3) is 0 Å². The lowest BCUT2D eigenvalue weighted by atomic mass is 9.80. The summed E-state index contributed by atoms with van der Waals surface area (Å²) in [5, 5.41) is 39.1. The monoisotopic (exact) mass is 388 g/mol. The number of rotatable bonds is 5. The van der Waals surface area contributed by atoms with Crippen molar-refractivity contribution in [3.63, 3.8) is 0 Å². The summed E-state index contributed by atoms with van der Waals surface area (Å²) < 4.78 is 26.7. The van der Waals surface area contributed by atoms with Crippen molar-refractivity contribution in [1.29, 1.82) is 0 Å². The summed E-state index contributed by atoms with van der Waals surface area (Å²) in [4.78, 5) is 12.1. The van der Waals surface area contributed by atoms with E-state index in [9.17, 15) is 25.2 Å². The van der Waals surface area contributed by atoms with E-state index in [1.807, 2.05) is 0 Å². The van der Waals surface area contributed by atoms with Crippen molar-refractivity contribution in [2.24, 2.45) is 11.8 Å². The van der Waals surface area contributed by atoms with Gasteiger partial charge in [0.2, 0.25) is 12.6 Å². The van der Waals surface area contributed by atoms with Crippen molar-refractivity contribution in [2.45, 2.75) is 49.7 Å². The molecule has 0 aromatic carbocycles. The first-order chi connectivity index (χ1) is 12.9. The molecule has 2 fully saturated rings. The van der Waals surface area contributed by atoms with Gasteiger partial charge in [-0.3, -0.25) is 0 Å². The van der Waals surface area contributed by atoms with E-state index >= 15 is 0 Å². The van der Waals surface area contributed by atoms with Crippen LogP contribution in [-0.2, 0) is 28.5 Å². The van der Waals surface area contributed by atoms with Gasteiger partial charge in [-0.05, 0) is 0 Å². The van der Waals surface area contributed by atoms with Crippen LogP contribution in [-0.4, -0.2) is 83.4 Å². The third-order valence-electron chi connectivity index (χ3n) is 5.08. The van der Waals surface area contributed by atoms with Crippen molar-refractivity contribution in [1.82, 2.24) is 0 Å². The molecule has 2 saturated heterocycles. The maximum Gasteiger partial charge on any atom is 0.339 e. The predicted molar refractivity (Wildman–Crippen MR) is 86.5 cm³/mol. The largest absolute Gasteiger partial charge is 0.471 e. The number of carbonyl (C=O) groups is 1. The zero-order valence-corrected chi connectivity index (χ0v) is 14.7. The van der Waals surface area contributed by atoms with Gasteiger partial charge in [-0.1, -0.05) is 6.08 Å².